The summed E-state index contributed by atoms with van der Waals surface area (Å²) in [5.41, 5.74) is 1.96. The Kier molecular flexibility index (Phi) is 7.93. The zero-order valence-electron chi connectivity index (χ0n) is 17.2. The van der Waals surface area contributed by atoms with Crippen molar-refractivity contribution in [1.82, 2.24) is 20.1 Å². The van der Waals surface area contributed by atoms with Gasteiger partial charge in [-0.1, -0.05) is 0 Å². The number of piperazine rings is 1. The van der Waals surface area contributed by atoms with E-state index in [-0.39, 0.29) is 41.8 Å². The fourth-order valence-corrected chi connectivity index (χ4v) is 4.12. The number of hydrogen-bond donors (Lipinski definition) is 2. The number of fused-ring (bicyclic) bond motifs is 1. The summed E-state index contributed by atoms with van der Waals surface area (Å²) in [6, 6.07) is 4.82. The summed E-state index contributed by atoms with van der Waals surface area (Å²) < 4.78 is 18.9. The molecule has 1 aromatic carbocycles. The standard InChI is InChI=1S/C21H28FN5O2.HI/c1-23-21(24-7-6-15-14-25-18-13-16(22)4-5-17(15)18)27-10-8-26(9-11-27)20(28)19-3-2-12-29-19;/h4-5,13-14,19,25H,2-3,6-12H2,1H3,(H,23,24);1H. The molecule has 1 atom stereocenters. The first kappa shape index (κ1) is 22.8. The van der Waals surface area contributed by atoms with Gasteiger partial charge in [-0.15, -0.1) is 24.0 Å². The number of carbonyl (C=O) groups is 1. The molecule has 7 nitrogen and oxygen atoms in total. The Morgan fingerprint density at radius 2 is 2.07 bits per heavy atom. The predicted molar refractivity (Wildman–Crippen MR) is 126 cm³/mol. The van der Waals surface area contributed by atoms with Crippen molar-refractivity contribution in [1.29, 1.82) is 0 Å². The van der Waals surface area contributed by atoms with Gasteiger partial charge in [0.1, 0.15) is 11.9 Å². The molecule has 0 aliphatic carbocycles. The van der Waals surface area contributed by atoms with Crippen molar-refractivity contribution in [2.24, 2.45) is 4.99 Å². The number of hydrogen-bond acceptors (Lipinski definition) is 3. The fraction of sp³-hybridized carbons (Fsp3) is 0.524. The lowest BCUT2D eigenvalue weighted by molar-refractivity contribution is -0.142. The van der Waals surface area contributed by atoms with E-state index in [4.69, 9.17) is 4.74 Å². The first-order chi connectivity index (χ1) is 14.2. The van der Waals surface area contributed by atoms with E-state index in [0.717, 1.165) is 61.3 Å². The summed E-state index contributed by atoms with van der Waals surface area (Å²) in [6.45, 7) is 4.31. The third-order valence-electron chi connectivity index (χ3n) is 5.71. The molecule has 9 heteroatoms. The van der Waals surface area contributed by atoms with Crippen LogP contribution < -0.4 is 5.32 Å². The lowest BCUT2D eigenvalue weighted by atomic mass is 10.1. The number of aliphatic imine (C=N–C) groups is 1. The first-order valence-electron chi connectivity index (χ1n) is 10.3. The number of H-pyrrole nitrogens is 1. The van der Waals surface area contributed by atoms with E-state index >= 15 is 0 Å². The van der Waals surface area contributed by atoms with Crippen LogP contribution in [-0.2, 0) is 16.0 Å². The number of guanidine groups is 1. The number of nitrogens with zero attached hydrogens (tertiary/aromatic N) is 3. The van der Waals surface area contributed by atoms with Crippen LogP contribution in [0.1, 0.15) is 18.4 Å². The maximum Gasteiger partial charge on any atom is 0.251 e. The van der Waals surface area contributed by atoms with Crippen LogP contribution in [0, 0.1) is 5.82 Å². The van der Waals surface area contributed by atoms with E-state index in [2.05, 4.69) is 20.2 Å². The van der Waals surface area contributed by atoms with Crippen molar-refractivity contribution in [3.63, 3.8) is 0 Å². The summed E-state index contributed by atoms with van der Waals surface area (Å²) in [6.07, 6.45) is 4.30. The number of benzene rings is 1. The molecule has 2 aliphatic heterocycles. The summed E-state index contributed by atoms with van der Waals surface area (Å²) in [5.74, 6) is 0.738. The molecule has 30 heavy (non-hydrogen) atoms. The van der Waals surface area contributed by atoms with Crippen LogP contribution in [0.15, 0.2) is 29.4 Å². The quantitative estimate of drug-likeness (QED) is 0.363. The Morgan fingerprint density at radius 1 is 1.30 bits per heavy atom. The predicted octanol–water partition coefficient (Wildman–Crippen LogP) is 2.37. The normalized spacial score (nSPS) is 19.8. The minimum Gasteiger partial charge on any atom is -0.368 e. The number of aromatic amines is 1. The monoisotopic (exact) mass is 529 g/mol. The minimum absolute atomic E-state index is 0. The van der Waals surface area contributed by atoms with Gasteiger partial charge in [0.05, 0.1) is 0 Å². The zero-order valence-corrected chi connectivity index (χ0v) is 19.5. The lowest BCUT2D eigenvalue weighted by Gasteiger charge is -2.37. The fourth-order valence-electron chi connectivity index (χ4n) is 4.12. The average molecular weight is 529 g/mol. The van der Waals surface area contributed by atoms with E-state index in [1.807, 2.05) is 17.2 Å². The summed E-state index contributed by atoms with van der Waals surface area (Å²) >= 11 is 0. The molecule has 2 aromatic rings. The van der Waals surface area contributed by atoms with E-state index in [1.165, 1.54) is 12.1 Å². The molecule has 164 valence electrons. The summed E-state index contributed by atoms with van der Waals surface area (Å²) in [7, 11) is 1.78. The summed E-state index contributed by atoms with van der Waals surface area (Å²) in [4.78, 5) is 24.1. The molecule has 0 saturated carbocycles. The average Bonchev–Trinajstić information content (AvgIpc) is 3.41. The highest BCUT2D eigenvalue weighted by Crippen LogP contribution is 2.19. The van der Waals surface area contributed by atoms with Crippen LogP contribution in [0.25, 0.3) is 10.9 Å². The van der Waals surface area contributed by atoms with Gasteiger partial charge in [-0.2, -0.15) is 0 Å². The Balaban J connectivity index is 0.00000256. The topological polar surface area (TPSA) is 73.0 Å². The number of rotatable bonds is 4. The van der Waals surface area contributed by atoms with Crippen LogP contribution in [0.4, 0.5) is 4.39 Å². The Hall–Kier alpha value is -1.88. The van der Waals surface area contributed by atoms with Crippen LogP contribution in [0.2, 0.25) is 0 Å². The highest BCUT2D eigenvalue weighted by atomic mass is 127. The van der Waals surface area contributed by atoms with Crippen LogP contribution >= 0.6 is 24.0 Å². The third-order valence-corrected chi connectivity index (χ3v) is 5.71. The van der Waals surface area contributed by atoms with Crippen LogP contribution in [0.3, 0.4) is 0 Å². The smallest absolute Gasteiger partial charge is 0.251 e. The van der Waals surface area contributed by atoms with Gasteiger partial charge >= 0.3 is 0 Å². The van der Waals surface area contributed by atoms with Gasteiger partial charge in [-0.3, -0.25) is 9.79 Å². The molecule has 2 fully saturated rings. The van der Waals surface area contributed by atoms with Crippen molar-refractivity contribution in [3.8, 4) is 0 Å². The molecule has 3 heterocycles. The minimum atomic E-state index is -0.247. The van der Waals surface area contributed by atoms with Crippen molar-refractivity contribution in [2.75, 3.05) is 46.4 Å². The van der Waals surface area contributed by atoms with E-state index < -0.39 is 0 Å². The van der Waals surface area contributed by atoms with Crippen LogP contribution in [-0.4, -0.2) is 79.1 Å². The number of carbonyl (C=O) groups excluding carboxylic acids is 1. The highest BCUT2D eigenvalue weighted by molar-refractivity contribution is 14.0. The van der Waals surface area contributed by atoms with E-state index in [0.29, 0.717) is 19.7 Å². The van der Waals surface area contributed by atoms with E-state index in [1.54, 1.807) is 7.05 Å². The van der Waals surface area contributed by atoms with Crippen molar-refractivity contribution < 1.29 is 13.9 Å². The Labute approximate surface area is 193 Å². The van der Waals surface area contributed by atoms with Gasteiger partial charge < -0.3 is 24.8 Å². The van der Waals surface area contributed by atoms with Gasteiger partial charge in [0.2, 0.25) is 0 Å². The first-order valence-corrected chi connectivity index (χ1v) is 10.3. The second kappa shape index (κ2) is 10.4. The number of halogens is 2. The van der Waals surface area contributed by atoms with Gasteiger partial charge in [0, 0.05) is 63.5 Å². The highest BCUT2D eigenvalue weighted by Gasteiger charge is 2.30. The van der Waals surface area contributed by atoms with Gasteiger partial charge in [-0.25, -0.2) is 4.39 Å². The molecular weight excluding hydrogens is 500 g/mol. The van der Waals surface area contributed by atoms with Crippen molar-refractivity contribution >= 4 is 46.7 Å². The Bertz CT molecular complexity index is 889. The maximum atomic E-state index is 13.3. The van der Waals surface area contributed by atoms with Gasteiger partial charge in [0.25, 0.3) is 5.91 Å². The largest absolute Gasteiger partial charge is 0.368 e. The van der Waals surface area contributed by atoms with Crippen molar-refractivity contribution in [3.05, 3.63) is 35.8 Å². The second-order valence-corrected chi connectivity index (χ2v) is 7.54. The molecule has 0 bridgehead atoms. The molecule has 0 radical (unpaired) electrons. The zero-order chi connectivity index (χ0) is 20.2. The number of amides is 1. The number of aromatic nitrogens is 1. The molecule has 1 amide bonds. The second-order valence-electron chi connectivity index (χ2n) is 7.54. The summed E-state index contributed by atoms with van der Waals surface area (Å²) in [5, 5.41) is 4.46. The molecule has 2 saturated heterocycles. The van der Waals surface area contributed by atoms with Gasteiger partial charge in [-0.05, 0) is 43.0 Å². The molecule has 1 aromatic heterocycles. The number of ether oxygens (including phenoxy) is 1. The third kappa shape index (κ3) is 5.05. The molecule has 2 N–H and O–H groups in total. The molecule has 1 unspecified atom stereocenters. The number of nitrogens with one attached hydrogen (secondary N) is 2. The van der Waals surface area contributed by atoms with E-state index in [9.17, 15) is 9.18 Å². The van der Waals surface area contributed by atoms with Crippen LogP contribution in [0.5, 0.6) is 0 Å². The van der Waals surface area contributed by atoms with Crippen molar-refractivity contribution in [2.45, 2.75) is 25.4 Å². The Morgan fingerprint density at radius 3 is 2.77 bits per heavy atom. The molecule has 2 aliphatic rings. The molecular formula is C21H29FIN5O2. The molecule has 4 rings (SSSR count). The van der Waals surface area contributed by atoms with Gasteiger partial charge in [0.15, 0.2) is 5.96 Å². The SMILES string of the molecule is CN=C(NCCc1c[nH]c2cc(F)ccc12)N1CCN(C(=O)C2CCCO2)CC1.I. The molecule has 0 spiro atoms. The lowest BCUT2D eigenvalue weighted by Crippen LogP contribution is -2.55. The maximum absolute atomic E-state index is 13.3.